The van der Waals surface area contributed by atoms with Gasteiger partial charge in [-0.05, 0) is 55.2 Å². The first kappa shape index (κ1) is 16.4. The lowest BCUT2D eigenvalue weighted by Crippen LogP contribution is -2.11. The molecule has 128 valence electrons. The predicted octanol–water partition coefficient (Wildman–Crippen LogP) is 5.15. The van der Waals surface area contributed by atoms with Gasteiger partial charge in [0.15, 0.2) is 0 Å². The number of rotatable bonds is 4. The molecule has 1 amide bonds. The molecule has 0 bridgehead atoms. The van der Waals surface area contributed by atoms with E-state index in [1.54, 1.807) is 18.2 Å². The van der Waals surface area contributed by atoms with Gasteiger partial charge < -0.3 is 10.1 Å². The Hall–Kier alpha value is -3.10. The second kappa shape index (κ2) is 7.03. The molecule has 1 aliphatic carbocycles. The van der Waals surface area contributed by atoms with Crippen LogP contribution in [0.4, 0.5) is 5.00 Å². The van der Waals surface area contributed by atoms with Gasteiger partial charge in [-0.2, -0.15) is 5.26 Å². The van der Waals surface area contributed by atoms with Crippen LogP contribution in [0.5, 0.6) is 11.5 Å². The largest absolute Gasteiger partial charge is 0.457 e. The van der Waals surface area contributed by atoms with Gasteiger partial charge >= 0.3 is 0 Å². The normalized spacial score (nSPS) is 12.3. The van der Waals surface area contributed by atoms with Crippen LogP contribution < -0.4 is 10.1 Å². The third kappa shape index (κ3) is 3.19. The second-order valence-corrected chi connectivity index (χ2v) is 7.18. The number of nitriles is 1. The molecule has 1 heterocycles. The van der Waals surface area contributed by atoms with Crippen LogP contribution in [-0.2, 0) is 12.8 Å². The summed E-state index contributed by atoms with van der Waals surface area (Å²) in [6.07, 6.45) is 3.00. The average Bonchev–Trinajstić information content (AvgIpc) is 3.23. The number of nitrogens with zero attached hydrogens (tertiary/aromatic N) is 1. The third-order valence-corrected chi connectivity index (χ3v) is 5.54. The Labute approximate surface area is 155 Å². The molecule has 0 atom stereocenters. The first-order chi connectivity index (χ1) is 12.7. The van der Waals surface area contributed by atoms with Crippen molar-refractivity contribution in [1.29, 1.82) is 5.26 Å². The molecule has 0 unspecified atom stereocenters. The maximum absolute atomic E-state index is 12.6. The van der Waals surface area contributed by atoms with Gasteiger partial charge in [-0.3, -0.25) is 4.79 Å². The number of anilines is 1. The van der Waals surface area contributed by atoms with Crippen molar-refractivity contribution in [2.24, 2.45) is 0 Å². The van der Waals surface area contributed by atoms with Crippen molar-refractivity contribution in [2.75, 3.05) is 5.32 Å². The van der Waals surface area contributed by atoms with Crippen molar-refractivity contribution in [3.8, 4) is 17.6 Å². The fourth-order valence-corrected chi connectivity index (χ4v) is 4.35. The van der Waals surface area contributed by atoms with Crippen molar-refractivity contribution in [3.63, 3.8) is 0 Å². The van der Waals surface area contributed by atoms with E-state index in [2.05, 4.69) is 11.4 Å². The van der Waals surface area contributed by atoms with Crippen LogP contribution in [0.1, 0.15) is 32.8 Å². The quantitative estimate of drug-likeness (QED) is 0.699. The minimum Gasteiger partial charge on any atom is -0.457 e. The zero-order chi connectivity index (χ0) is 17.9. The Bertz CT molecular complexity index is 1000. The van der Waals surface area contributed by atoms with Crippen molar-refractivity contribution in [3.05, 3.63) is 76.2 Å². The zero-order valence-electron chi connectivity index (χ0n) is 14.0. The summed E-state index contributed by atoms with van der Waals surface area (Å²) in [6.45, 7) is 0. The fraction of sp³-hybridized carbons (Fsp3) is 0.143. The third-order valence-electron chi connectivity index (χ3n) is 4.34. The fourth-order valence-electron chi connectivity index (χ4n) is 3.11. The molecule has 3 aromatic rings. The van der Waals surface area contributed by atoms with Crippen LogP contribution >= 0.6 is 11.3 Å². The van der Waals surface area contributed by atoms with Gasteiger partial charge in [0.2, 0.25) is 0 Å². The number of carbonyl (C=O) groups excluding carboxylic acids is 1. The molecule has 4 nitrogen and oxygen atoms in total. The molecule has 0 spiro atoms. The molecule has 0 fully saturated rings. The lowest BCUT2D eigenvalue weighted by Gasteiger charge is -2.08. The number of hydrogen-bond donors (Lipinski definition) is 1. The minimum absolute atomic E-state index is 0.236. The van der Waals surface area contributed by atoms with Gasteiger partial charge in [-0.25, -0.2) is 0 Å². The monoisotopic (exact) mass is 360 g/mol. The van der Waals surface area contributed by atoms with Crippen LogP contribution in [0.2, 0.25) is 0 Å². The van der Waals surface area contributed by atoms with Crippen LogP contribution in [0.15, 0.2) is 54.6 Å². The first-order valence-electron chi connectivity index (χ1n) is 8.43. The molecular formula is C21H16N2O2S. The average molecular weight is 360 g/mol. The lowest BCUT2D eigenvalue weighted by atomic mass is 10.1. The maximum Gasteiger partial charge on any atom is 0.256 e. The smallest absolute Gasteiger partial charge is 0.256 e. The molecule has 1 N–H and O–H groups in total. The molecule has 5 heteroatoms. The maximum atomic E-state index is 12.6. The molecule has 26 heavy (non-hydrogen) atoms. The van der Waals surface area contributed by atoms with E-state index in [1.807, 2.05) is 36.4 Å². The van der Waals surface area contributed by atoms with Crippen molar-refractivity contribution >= 4 is 22.2 Å². The number of para-hydroxylation sites is 1. The zero-order valence-corrected chi connectivity index (χ0v) is 14.8. The molecule has 0 saturated heterocycles. The Morgan fingerprint density at radius 1 is 1.08 bits per heavy atom. The second-order valence-electron chi connectivity index (χ2n) is 6.07. The highest BCUT2D eigenvalue weighted by atomic mass is 32.1. The summed E-state index contributed by atoms with van der Waals surface area (Å²) in [5.41, 5.74) is 2.22. The van der Waals surface area contributed by atoms with Crippen LogP contribution in [0.3, 0.4) is 0 Å². The molecule has 2 aromatic carbocycles. The van der Waals surface area contributed by atoms with E-state index in [0.717, 1.165) is 24.8 Å². The van der Waals surface area contributed by atoms with Gasteiger partial charge in [0.25, 0.3) is 5.91 Å². The number of thiophene rings is 1. The molecule has 4 rings (SSSR count). The number of benzene rings is 2. The lowest BCUT2D eigenvalue weighted by molar-refractivity contribution is 0.102. The van der Waals surface area contributed by atoms with E-state index in [9.17, 15) is 10.1 Å². The first-order valence-corrected chi connectivity index (χ1v) is 9.25. The summed E-state index contributed by atoms with van der Waals surface area (Å²) in [7, 11) is 0. The Morgan fingerprint density at radius 2 is 1.88 bits per heavy atom. The SMILES string of the molecule is N#Cc1c(NC(=O)c2cccc(Oc3ccccc3)c2)sc2c1CCC2. The highest BCUT2D eigenvalue weighted by molar-refractivity contribution is 7.16. The molecule has 1 aliphatic rings. The van der Waals surface area contributed by atoms with Gasteiger partial charge in [0.05, 0.1) is 5.56 Å². The predicted molar refractivity (Wildman–Crippen MR) is 102 cm³/mol. The van der Waals surface area contributed by atoms with E-state index in [-0.39, 0.29) is 5.91 Å². The number of hydrogen-bond acceptors (Lipinski definition) is 4. The molecule has 0 radical (unpaired) electrons. The Balaban J connectivity index is 1.54. The highest BCUT2D eigenvalue weighted by Crippen LogP contribution is 2.38. The van der Waals surface area contributed by atoms with Gasteiger partial charge in [0.1, 0.15) is 22.6 Å². The summed E-state index contributed by atoms with van der Waals surface area (Å²) >= 11 is 1.52. The minimum atomic E-state index is -0.236. The van der Waals surface area contributed by atoms with E-state index < -0.39 is 0 Å². The van der Waals surface area contributed by atoms with Crippen LogP contribution in [-0.4, -0.2) is 5.91 Å². The van der Waals surface area contributed by atoms with Crippen LogP contribution in [0.25, 0.3) is 0 Å². The number of ether oxygens (including phenoxy) is 1. The van der Waals surface area contributed by atoms with E-state index in [1.165, 1.54) is 16.2 Å². The van der Waals surface area contributed by atoms with Gasteiger partial charge in [0, 0.05) is 10.4 Å². The molecule has 0 aliphatic heterocycles. The van der Waals surface area contributed by atoms with Crippen molar-refractivity contribution < 1.29 is 9.53 Å². The summed E-state index contributed by atoms with van der Waals surface area (Å²) in [5, 5.41) is 13.0. The summed E-state index contributed by atoms with van der Waals surface area (Å²) in [4.78, 5) is 13.9. The Morgan fingerprint density at radius 3 is 2.69 bits per heavy atom. The number of fused-ring (bicyclic) bond motifs is 1. The Kier molecular flexibility index (Phi) is 4.42. The summed E-state index contributed by atoms with van der Waals surface area (Å²) < 4.78 is 5.78. The van der Waals surface area contributed by atoms with E-state index in [0.29, 0.717) is 27.6 Å². The highest BCUT2D eigenvalue weighted by Gasteiger charge is 2.23. The number of carbonyl (C=O) groups is 1. The van der Waals surface area contributed by atoms with Gasteiger partial charge in [-0.1, -0.05) is 24.3 Å². The van der Waals surface area contributed by atoms with E-state index >= 15 is 0 Å². The molecular weight excluding hydrogens is 344 g/mol. The topological polar surface area (TPSA) is 62.1 Å². The van der Waals surface area contributed by atoms with Crippen LogP contribution in [0, 0.1) is 11.3 Å². The van der Waals surface area contributed by atoms with Crippen molar-refractivity contribution in [1.82, 2.24) is 0 Å². The summed E-state index contributed by atoms with van der Waals surface area (Å²) in [6, 6.07) is 18.7. The summed E-state index contributed by atoms with van der Waals surface area (Å²) in [5.74, 6) is 1.07. The number of aryl methyl sites for hydroxylation is 1. The van der Waals surface area contributed by atoms with Crippen molar-refractivity contribution in [2.45, 2.75) is 19.3 Å². The molecule has 0 saturated carbocycles. The number of nitrogens with one attached hydrogen (secondary N) is 1. The van der Waals surface area contributed by atoms with Gasteiger partial charge in [-0.15, -0.1) is 11.3 Å². The standard InChI is InChI=1S/C21H16N2O2S/c22-13-18-17-10-5-11-19(17)26-21(18)23-20(24)14-6-4-9-16(12-14)25-15-7-2-1-3-8-15/h1-4,6-9,12H,5,10-11H2,(H,23,24). The van der Waals surface area contributed by atoms with E-state index in [4.69, 9.17) is 4.74 Å². The number of amides is 1. The molecule has 1 aromatic heterocycles.